The second-order valence-corrected chi connectivity index (χ2v) is 7.59. The number of rotatable bonds is 5. The minimum atomic E-state index is 0.171. The summed E-state index contributed by atoms with van der Waals surface area (Å²) in [5.41, 5.74) is 1.61. The van der Waals surface area contributed by atoms with Crippen molar-refractivity contribution >= 4 is 10.7 Å². The molecule has 0 spiro atoms. The zero-order chi connectivity index (χ0) is 13.0. The van der Waals surface area contributed by atoms with Gasteiger partial charge in [-0.15, -0.1) is 4.31 Å². The van der Waals surface area contributed by atoms with Crippen molar-refractivity contribution in [2.24, 2.45) is 0 Å². The average Bonchev–Trinajstić information content (AvgIpc) is 2.81. The van der Waals surface area contributed by atoms with E-state index in [1.165, 1.54) is 32.1 Å². The molecule has 1 heterocycles. The molecule has 1 aliphatic carbocycles. The Bertz CT molecular complexity index is 367. The molecule has 1 aliphatic rings. The standard InChI is InChI=1S/C15H26NOS/c1-16(2)18-12-10-14(15(18)9-6-11-17)13-7-4-3-5-8-13/h10,12-13,17H,3-9,11H2,1-2H3/q+1. The van der Waals surface area contributed by atoms with Gasteiger partial charge in [0.15, 0.2) is 10.3 Å². The van der Waals surface area contributed by atoms with Crippen molar-refractivity contribution in [2.75, 3.05) is 25.0 Å². The van der Waals surface area contributed by atoms with Gasteiger partial charge in [0.25, 0.3) is 0 Å². The van der Waals surface area contributed by atoms with Gasteiger partial charge in [-0.05, 0) is 25.2 Å². The Hall–Kier alpha value is -0.380. The van der Waals surface area contributed by atoms with Gasteiger partial charge in [-0.1, -0.05) is 19.3 Å². The first-order chi connectivity index (χ1) is 8.74. The first-order valence-corrected chi connectivity index (χ1v) is 8.41. The molecule has 3 heteroatoms. The minimum Gasteiger partial charge on any atom is -0.396 e. The van der Waals surface area contributed by atoms with Gasteiger partial charge < -0.3 is 5.11 Å². The Balaban J connectivity index is 2.21. The molecule has 0 radical (unpaired) electrons. The van der Waals surface area contributed by atoms with Crippen LogP contribution >= 0.6 is 10.7 Å². The van der Waals surface area contributed by atoms with E-state index in [0.717, 1.165) is 18.8 Å². The maximum Gasteiger partial charge on any atom is 0.175 e. The molecule has 1 atom stereocenters. The van der Waals surface area contributed by atoms with E-state index in [1.54, 1.807) is 10.4 Å². The summed E-state index contributed by atoms with van der Waals surface area (Å²) in [4.78, 5) is 1.60. The van der Waals surface area contributed by atoms with Gasteiger partial charge in [-0.25, -0.2) is 0 Å². The lowest BCUT2D eigenvalue weighted by Crippen LogP contribution is -2.10. The molecule has 1 N–H and O–H groups in total. The zero-order valence-electron chi connectivity index (χ0n) is 11.7. The maximum atomic E-state index is 9.09. The summed E-state index contributed by atoms with van der Waals surface area (Å²) < 4.78 is 2.32. The fraction of sp³-hybridized carbons (Fsp3) is 0.733. The summed E-state index contributed by atoms with van der Waals surface area (Å²) in [6.45, 7) is 0.312. The van der Waals surface area contributed by atoms with Crippen molar-refractivity contribution in [1.29, 1.82) is 0 Å². The molecule has 1 unspecified atom stereocenters. The molecule has 0 bridgehead atoms. The summed E-state index contributed by atoms with van der Waals surface area (Å²) in [5, 5.41) is 11.5. The predicted molar refractivity (Wildman–Crippen MR) is 80.2 cm³/mol. The molecule has 1 aromatic rings. The molecular formula is C15H26NOS+. The topological polar surface area (TPSA) is 23.5 Å². The molecule has 102 valence electrons. The van der Waals surface area contributed by atoms with Gasteiger partial charge in [-0.2, -0.15) is 0 Å². The van der Waals surface area contributed by atoms with Crippen LogP contribution in [0.4, 0.5) is 0 Å². The van der Waals surface area contributed by atoms with E-state index in [2.05, 4.69) is 29.8 Å². The molecule has 0 saturated heterocycles. The van der Waals surface area contributed by atoms with Gasteiger partial charge in [0.2, 0.25) is 0 Å². The van der Waals surface area contributed by atoms with Crippen LogP contribution < -0.4 is 4.31 Å². The van der Waals surface area contributed by atoms with Crippen molar-refractivity contribution in [1.82, 2.24) is 0 Å². The number of hydrogen-bond acceptors (Lipinski definition) is 2. The molecule has 1 fully saturated rings. The predicted octanol–water partition coefficient (Wildman–Crippen LogP) is 3.61. The lowest BCUT2D eigenvalue weighted by atomic mass is 9.84. The third-order valence-corrected chi connectivity index (χ3v) is 6.08. The van der Waals surface area contributed by atoms with E-state index >= 15 is 0 Å². The fourth-order valence-corrected chi connectivity index (χ4v) is 5.00. The summed E-state index contributed by atoms with van der Waals surface area (Å²) in [5.74, 6) is 0.793. The Morgan fingerprint density at radius 3 is 2.61 bits per heavy atom. The molecule has 0 aliphatic heterocycles. The largest absolute Gasteiger partial charge is 0.396 e. The lowest BCUT2D eigenvalue weighted by molar-refractivity contribution is 0.288. The smallest absolute Gasteiger partial charge is 0.175 e. The van der Waals surface area contributed by atoms with Gasteiger partial charge in [-0.3, -0.25) is 0 Å². The van der Waals surface area contributed by atoms with Gasteiger partial charge in [0, 0.05) is 38.8 Å². The monoisotopic (exact) mass is 268 g/mol. The highest BCUT2D eigenvalue weighted by Gasteiger charge is 2.27. The first-order valence-electron chi connectivity index (χ1n) is 7.16. The maximum absolute atomic E-state index is 9.09. The molecule has 0 amide bonds. The highest BCUT2D eigenvalue weighted by atomic mass is 32.2. The zero-order valence-corrected chi connectivity index (χ0v) is 12.5. The van der Waals surface area contributed by atoms with Gasteiger partial charge in [0.1, 0.15) is 0 Å². The van der Waals surface area contributed by atoms with Gasteiger partial charge in [0.05, 0.1) is 10.7 Å². The van der Waals surface area contributed by atoms with E-state index in [9.17, 15) is 0 Å². The van der Waals surface area contributed by atoms with E-state index in [-0.39, 0.29) is 10.7 Å². The third kappa shape index (κ3) is 3.14. The fourth-order valence-electron chi connectivity index (χ4n) is 3.04. The highest BCUT2D eigenvalue weighted by molar-refractivity contribution is 7.32. The van der Waals surface area contributed by atoms with E-state index in [0.29, 0.717) is 6.61 Å². The molecule has 1 saturated carbocycles. The molecular weight excluding hydrogens is 242 g/mol. The van der Waals surface area contributed by atoms with Crippen molar-refractivity contribution in [3.8, 4) is 0 Å². The second kappa shape index (κ2) is 6.69. The third-order valence-electron chi connectivity index (χ3n) is 3.95. The number of aliphatic hydroxyl groups excluding tert-OH is 1. The van der Waals surface area contributed by atoms with Crippen LogP contribution in [-0.2, 0) is 6.42 Å². The molecule has 18 heavy (non-hydrogen) atoms. The minimum absolute atomic E-state index is 0.171. The Labute approximate surface area is 114 Å². The SMILES string of the molecule is CN(C)[s+]1ccc(C2CCCCC2)c1CCCO. The quantitative estimate of drug-likeness (QED) is 0.825. The number of hydrogen-bond donors (Lipinski definition) is 1. The van der Waals surface area contributed by atoms with Crippen LogP contribution in [0.3, 0.4) is 0 Å². The number of thiophene rings is 1. The summed E-state index contributed by atoms with van der Waals surface area (Å²) in [6, 6.07) is 2.38. The Kier molecular flexibility index (Phi) is 5.22. The summed E-state index contributed by atoms with van der Waals surface area (Å²) in [7, 11) is 4.50. The molecule has 2 rings (SSSR count). The Morgan fingerprint density at radius 1 is 1.28 bits per heavy atom. The molecule has 2 nitrogen and oxygen atoms in total. The van der Waals surface area contributed by atoms with Crippen molar-refractivity contribution in [2.45, 2.75) is 50.9 Å². The van der Waals surface area contributed by atoms with Crippen LogP contribution in [-0.4, -0.2) is 25.8 Å². The summed E-state index contributed by atoms with van der Waals surface area (Å²) in [6.07, 6.45) is 8.91. The van der Waals surface area contributed by atoms with Crippen molar-refractivity contribution in [3.63, 3.8) is 0 Å². The molecule has 0 aromatic carbocycles. The van der Waals surface area contributed by atoms with Crippen LogP contribution in [0.2, 0.25) is 0 Å². The van der Waals surface area contributed by atoms with E-state index < -0.39 is 0 Å². The van der Waals surface area contributed by atoms with E-state index in [1.807, 2.05) is 0 Å². The number of nitrogens with zero attached hydrogens (tertiary/aromatic N) is 1. The normalized spacial score (nSPS) is 18.6. The van der Waals surface area contributed by atoms with Crippen LogP contribution in [0.15, 0.2) is 11.4 Å². The summed E-state index contributed by atoms with van der Waals surface area (Å²) >= 11 is 0. The van der Waals surface area contributed by atoms with Crippen molar-refractivity contribution < 1.29 is 5.11 Å². The van der Waals surface area contributed by atoms with Crippen LogP contribution in [0.1, 0.15) is 54.9 Å². The van der Waals surface area contributed by atoms with E-state index in [4.69, 9.17) is 5.11 Å². The first kappa shape index (κ1) is 14.0. The van der Waals surface area contributed by atoms with Crippen molar-refractivity contribution in [3.05, 3.63) is 21.9 Å². The molecule has 1 aromatic heterocycles. The number of aliphatic hydroxyl groups is 1. The lowest BCUT2D eigenvalue weighted by Gasteiger charge is -2.21. The van der Waals surface area contributed by atoms with Gasteiger partial charge >= 0.3 is 0 Å². The average molecular weight is 268 g/mol. The van der Waals surface area contributed by atoms with Crippen LogP contribution in [0, 0.1) is 0 Å². The van der Waals surface area contributed by atoms with Crippen LogP contribution in [0.5, 0.6) is 0 Å². The second-order valence-electron chi connectivity index (χ2n) is 5.47. The Morgan fingerprint density at radius 2 is 2.00 bits per heavy atom. The van der Waals surface area contributed by atoms with Crippen LogP contribution in [0.25, 0.3) is 0 Å². The highest BCUT2D eigenvalue weighted by Crippen LogP contribution is 2.40.